The molecule has 1 fully saturated rings. The van der Waals surface area contributed by atoms with Crippen LogP contribution in [0.15, 0.2) is 48.7 Å². The number of carbonyl (C=O) groups is 2. The van der Waals surface area contributed by atoms with Crippen LogP contribution in [0.2, 0.25) is 5.15 Å². The number of nitrogens with zero attached hydrogens (tertiary/aromatic N) is 7. The van der Waals surface area contributed by atoms with E-state index in [2.05, 4.69) is 27.4 Å². The van der Waals surface area contributed by atoms with Gasteiger partial charge in [-0.3, -0.25) is 4.79 Å². The van der Waals surface area contributed by atoms with Crippen LogP contribution in [0.1, 0.15) is 55.4 Å². The topological polar surface area (TPSA) is 160 Å². The van der Waals surface area contributed by atoms with Crippen molar-refractivity contribution in [2.24, 2.45) is 5.41 Å². The van der Waals surface area contributed by atoms with E-state index in [0.29, 0.717) is 39.3 Å². The van der Waals surface area contributed by atoms with E-state index >= 15 is 0 Å². The van der Waals surface area contributed by atoms with Crippen molar-refractivity contribution in [1.82, 2.24) is 29.8 Å². The number of aromatic nitrogens is 4. The number of nitriles is 2. The summed E-state index contributed by atoms with van der Waals surface area (Å²) >= 11 is 6.32. The third-order valence-electron chi connectivity index (χ3n) is 7.70. The summed E-state index contributed by atoms with van der Waals surface area (Å²) in [6.45, 7) is 7.66. The lowest BCUT2D eigenvalue weighted by atomic mass is 9.74. The van der Waals surface area contributed by atoms with Gasteiger partial charge in [0.05, 0.1) is 23.3 Å². The summed E-state index contributed by atoms with van der Waals surface area (Å²) in [6, 6.07) is 16.0. The average molecular weight is 597 g/mol. The van der Waals surface area contributed by atoms with E-state index < -0.39 is 29.0 Å². The second-order valence-electron chi connectivity index (χ2n) is 11.8. The maximum absolute atomic E-state index is 13.7. The number of rotatable bonds is 4. The van der Waals surface area contributed by atoms with E-state index in [1.165, 1.54) is 11.0 Å². The Morgan fingerprint density at radius 1 is 1.14 bits per heavy atom. The van der Waals surface area contributed by atoms with E-state index in [4.69, 9.17) is 16.7 Å². The third kappa shape index (κ3) is 5.72. The predicted octanol–water partition coefficient (Wildman–Crippen LogP) is 5.47. The number of halogens is 1. The Bertz CT molecular complexity index is 1830. The number of carbonyl (C=O) groups excluding carboxylic acids is 1. The van der Waals surface area contributed by atoms with Crippen molar-refractivity contribution in [2.75, 3.05) is 6.54 Å². The Labute approximate surface area is 253 Å². The maximum atomic E-state index is 13.7. The fourth-order valence-corrected chi connectivity index (χ4v) is 5.82. The third-order valence-corrected chi connectivity index (χ3v) is 7.90. The Balaban J connectivity index is 1.59. The number of likely N-dealkylation sites (tertiary alicyclic amines) is 1. The number of fused-ring (bicyclic) bond motifs is 1. The Kier molecular flexibility index (Phi) is 7.55. The van der Waals surface area contributed by atoms with Crippen molar-refractivity contribution >= 4 is 29.2 Å². The minimum Gasteiger partial charge on any atom is -0.465 e. The number of piperidine rings is 1. The van der Waals surface area contributed by atoms with E-state index in [1.54, 1.807) is 35.0 Å². The Hall–Kier alpha value is -5.00. The van der Waals surface area contributed by atoms with Gasteiger partial charge in [0.2, 0.25) is 0 Å². The van der Waals surface area contributed by atoms with Crippen LogP contribution in [0.4, 0.5) is 4.79 Å². The smallest absolute Gasteiger partial charge is 0.407 e. The zero-order valence-electron chi connectivity index (χ0n) is 24.1. The molecule has 1 aromatic carbocycles. The summed E-state index contributed by atoms with van der Waals surface area (Å²) in [5.74, 6) is -0.565. The highest BCUT2D eigenvalue weighted by molar-refractivity contribution is 6.29. The molecule has 0 saturated carbocycles. The number of nitrogens with one attached hydrogen (secondary N) is 1. The minimum absolute atomic E-state index is 0.0606. The predicted molar refractivity (Wildman–Crippen MR) is 159 cm³/mol. The van der Waals surface area contributed by atoms with Gasteiger partial charge in [-0.25, -0.2) is 19.3 Å². The molecule has 0 radical (unpaired) electrons. The standard InChI is InChI=1S/C31H29ClN8O3/c1-18-12-21(14-24(32)35-18)25-26(20-7-5-6-19(13-20)16-33)38-40-10-8-22(36-27(25)40)28(41)37-31(17-34)9-11-39(29(42)43)23(15-31)30(2,3)4/h5-8,10,12-14,23H,9,11,15H2,1-4H3,(H,37,41)(H,42,43). The van der Waals surface area contributed by atoms with Crippen molar-refractivity contribution in [1.29, 1.82) is 10.5 Å². The number of hydrogen-bond acceptors (Lipinski definition) is 7. The van der Waals surface area contributed by atoms with Crippen LogP contribution < -0.4 is 5.32 Å². The summed E-state index contributed by atoms with van der Waals surface area (Å²) in [4.78, 5) is 35.9. The molecule has 2 unspecified atom stereocenters. The monoisotopic (exact) mass is 596 g/mol. The summed E-state index contributed by atoms with van der Waals surface area (Å²) in [7, 11) is 0. The molecule has 43 heavy (non-hydrogen) atoms. The van der Waals surface area contributed by atoms with Crippen LogP contribution in [-0.2, 0) is 0 Å². The van der Waals surface area contributed by atoms with Crippen molar-refractivity contribution in [3.63, 3.8) is 0 Å². The lowest BCUT2D eigenvalue weighted by Crippen LogP contribution is -2.61. The lowest BCUT2D eigenvalue weighted by molar-refractivity contribution is 0.0343. The highest BCUT2D eigenvalue weighted by Crippen LogP contribution is 2.38. The van der Waals surface area contributed by atoms with Crippen molar-refractivity contribution in [3.8, 4) is 34.5 Å². The molecule has 0 bridgehead atoms. The molecule has 2 amide bonds. The van der Waals surface area contributed by atoms with Crippen LogP contribution in [0.3, 0.4) is 0 Å². The summed E-state index contributed by atoms with van der Waals surface area (Å²) in [5, 5.41) is 37.3. The van der Waals surface area contributed by atoms with Crippen LogP contribution >= 0.6 is 11.6 Å². The van der Waals surface area contributed by atoms with Gasteiger partial charge in [0.25, 0.3) is 5.91 Å². The van der Waals surface area contributed by atoms with E-state index in [0.717, 1.165) is 0 Å². The molecule has 2 N–H and O–H groups in total. The molecule has 3 aromatic heterocycles. The second-order valence-corrected chi connectivity index (χ2v) is 12.2. The van der Waals surface area contributed by atoms with Crippen LogP contribution in [0.5, 0.6) is 0 Å². The molecule has 1 aliphatic rings. The number of amides is 2. The molecule has 4 heterocycles. The molecule has 0 aliphatic carbocycles. The van der Waals surface area contributed by atoms with E-state index in [9.17, 15) is 25.2 Å². The van der Waals surface area contributed by atoms with Crippen LogP contribution in [0.25, 0.3) is 28.0 Å². The summed E-state index contributed by atoms with van der Waals surface area (Å²) < 4.78 is 1.55. The zero-order valence-corrected chi connectivity index (χ0v) is 24.8. The quantitative estimate of drug-likeness (QED) is 0.293. The van der Waals surface area contributed by atoms with Crippen molar-refractivity contribution < 1.29 is 14.7 Å². The van der Waals surface area contributed by atoms with Crippen molar-refractivity contribution in [3.05, 3.63) is 70.8 Å². The van der Waals surface area contributed by atoms with Gasteiger partial charge in [-0.2, -0.15) is 15.6 Å². The Morgan fingerprint density at radius 3 is 2.56 bits per heavy atom. The average Bonchev–Trinajstić information content (AvgIpc) is 3.35. The number of aryl methyl sites for hydroxylation is 1. The number of hydrogen-bond donors (Lipinski definition) is 2. The van der Waals surface area contributed by atoms with Gasteiger partial charge in [-0.05, 0) is 48.2 Å². The van der Waals surface area contributed by atoms with Gasteiger partial charge in [0, 0.05) is 42.9 Å². The molecule has 11 nitrogen and oxygen atoms in total. The molecule has 12 heteroatoms. The van der Waals surface area contributed by atoms with Gasteiger partial charge in [0.15, 0.2) is 5.65 Å². The first kappa shape index (κ1) is 29.5. The maximum Gasteiger partial charge on any atom is 0.407 e. The summed E-state index contributed by atoms with van der Waals surface area (Å²) in [5.41, 5.74) is 2.30. The van der Waals surface area contributed by atoms with Crippen LogP contribution in [0, 0.1) is 35.0 Å². The number of benzene rings is 1. The molecule has 0 spiro atoms. The molecule has 2 atom stereocenters. The first-order valence-corrected chi connectivity index (χ1v) is 14.0. The minimum atomic E-state index is -1.28. The molecule has 218 valence electrons. The van der Waals surface area contributed by atoms with Gasteiger partial charge in [-0.1, -0.05) is 44.5 Å². The van der Waals surface area contributed by atoms with Crippen LogP contribution in [-0.4, -0.2) is 59.7 Å². The Morgan fingerprint density at radius 2 is 1.91 bits per heavy atom. The highest BCUT2D eigenvalue weighted by Gasteiger charge is 2.47. The molecule has 4 aromatic rings. The number of pyridine rings is 1. The highest BCUT2D eigenvalue weighted by atomic mass is 35.5. The molecule has 1 saturated heterocycles. The normalized spacial score (nSPS) is 18.6. The second kappa shape index (κ2) is 11.0. The van der Waals surface area contributed by atoms with Gasteiger partial charge in [-0.15, -0.1) is 0 Å². The molecule has 5 rings (SSSR count). The first-order valence-electron chi connectivity index (χ1n) is 13.6. The van der Waals surface area contributed by atoms with Gasteiger partial charge < -0.3 is 15.3 Å². The zero-order chi connectivity index (χ0) is 31.1. The lowest BCUT2D eigenvalue weighted by Gasteiger charge is -2.47. The molecule has 1 aliphatic heterocycles. The molecular weight excluding hydrogens is 568 g/mol. The van der Waals surface area contributed by atoms with Gasteiger partial charge >= 0.3 is 6.09 Å². The summed E-state index contributed by atoms with van der Waals surface area (Å²) in [6.07, 6.45) is 0.834. The van der Waals surface area contributed by atoms with Gasteiger partial charge in [0.1, 0.15) is 22.1 Å². The SMILES string of the molecule is Cc1cc(-c2c(-c3cccc(C#N)c3)nn3ccc(C(=O)NC4(C#N)CCN(C(=O)O)C(C(C)(C)C)C4)nc23)cc(Cl)n1. The molecular formula is C31H29ClN8O3. The fraction of sp³-hybridized carbons (Fsp3) is 0.323. The number of carboxylic acid groups (broad SMARTS) is 1. The first-order chi connectivity index (χ1) is 20.3. The largest absolute Gasteiger partial charge is 0.465 e. The van der Waals surface area contributed by atoms with E-state index in [-0.39, 0.29) is 30.2 Å². The van der Waals surface area contributed by atoms with Crippen molar-refractivity contribution in [2.45, 2.75) is 52.1 Å². The fourth-order valence-electron chi connectivity index (χ4n) is 5.57. The van der Waals surface area contributed by atoms with E-state index in [1.807, 2.05) is 39.8 Å².